The molecule has 0 amide bonds. The van der Waals surface area contributed by atoms with Gasteiger partial charge in [-0.15, -0.1) is 0 Å². The molecule has 19 heavy (non-hydrogen) atoms. The average Bonchev–Trinajstić information content (AvgIpc) is 2.65. The van der Waals surface area contributed by atoms with Gasteiger partial charge < -0.3 is 15.2 Å². The number of carbonyl (C=O) groups is 1. The molecular weight excluding hydrogens is 248 g/mol. The summed E-state index contributed by atoms with van der Waals surface area (Å²) in [4.78, 5) is 15.4. The van der Waals surface area contributed by atoms with Gasteiger partial charge in [-0.2, -0.15) is 5.10 Å². The van der Waals surface area contributed by atoms with Gasteiger partial charge in [0.15, 0.2) is 5.65 Å². The summed E-state index contributed by atoms with van der Waals surface area (Å²) in [5.41, 5.74) is 2.08. The second-order valence-electron chi connectivity index (χ2n) is 4.18. The fourth-order valence-electron chi connectivity index (χ4n) is 2.04. The molecule has 0 aliphatic heterocycles. The number of ether oxygens (including phenoxy) is 1. The van der Waals surface area contributed by atoms with E-state index in [1.807, 2.05) is 6.92 Å². The molecule has 0 aliphatic carbocycles. The molecule has 0 fully saturated rings. The Labute approximate surface area is 110 Å². The minimum atomic E-state index is -1.02. The van der Waals surface area contributed by atoms with Crippen molar-refractivity contribution in [2.24, 2.45) is 7.05 Å². The van der Waals surface area contributed by atoms with Crippen LogP contribution < -0.4 is 5.32 Å². The van der Waals surface area contributed by atoms with Crippen LogP contribution in [0.4, 0.5) is 5.69 Å². The lowest BCUT2D eigenvalue weighted by Gasteiger charge is -2.10. The molecule has 0 atom stereocenters. The highest BCUT2D eigenvalue weighted by atomic mass is 16.5. The summed E-state index contributed by atoms with van der Waals surface area (Å²) in [5, 5.41) is 17.3. The minimum Gasteiger partial charge on any atom is -0.478 e. The normalized spacial score (nSPS) is 10.9. The van der Waals surface area contributed by atoms with E-state index in [-0.39, 0.29) is 5.56 Å². The molecule has 2 heterocycles. The Bertz CT molecular complexity index is 621. The highest BCUT2D eigenvalue weighted by Crippen LogP contribution is 2.28. The molecule has 0 radical (unpaired) electrons. The van der Waals surface area contributed by atoms with E-state index in [1.165, 1.54) is 6.20 Å². The van der Waals surface area contributed by atoms with Crippen LogP contribution in [0, 0.1) is 6.92 Å². The number of nitrogens with zero attached hydrogens (tertiary/aromatic N) is 3. The smallest absolute Gasteiger partial charge is 0.339 e. The van der Waals surface area contributed by atoms with Crippen LogP contribution in [0.2, 0.25) is 0 Å². The van der Waals surface area contributed by atoms with Gasteiger partial charge >= 0.3 is 5.97 Å². The third-order valence-electron chi connectivity index (χ3n) is 2.87. The van der Waals surface area contributed by atoms with E-state index in [1.54, 1.807) is 18.8 Å². The third kappa shape index (κ3) is 2.37. The largest absolute Gasteiger partial charge is 0.478 e. The Hall–Kier alpha value is -2.15. The molecule has 0 saturated carbocycles. The number of aromatic nitrogens is 3. The second-order valence-corrected chi connectivity index (χ2v) is 4.18. The fraction of sp³-hybridized carbons (Fsp3) is 0.417. The molecule has 102 valence electrons. The Balaban J connectivity index is 2.58. The van der Waals surface area contributed by atoms with Gasteiger partial charge in [0, 0.05) is 26.9 Å². The van der Waals surface area contributed by atoms with E-state index in [2.05, 4.69) is 15.4 Å². The highest BCUT2D eigenvalue weighted by Gasteiger charge is 2.18. The van der Waals surface area contributed by atoms with Gasteiger partial charge in [0.1, 0.15) is 5.56 Å². The number of aryl methyl sites for hydroxylation is 2. The quantitative estimate of drug-likeness (QED) is 0.784. The van der Waals surface area contributed by atoms with Crippen molar-refractivity contribution < 1.29 is 14.6 Å². The number of aromatic carboxylic acids is 1. The van der Waals surface area contributed by atoms with E-state index in [9.17, 15) is 9.90 Å². The Morgan fingerprint density at radius 2 is 2.32 bits per heavy atom. The Kier molecular flexibility index (Phi) is 3.66. The first-order valence-corrected chi connectivity index (χ1v) is 5.84. The van der Waals surface area contributed by atoms with Crippen LogP contribution in [0.3, 0.4) is 0 Å². The van der Waals surface area contributed by atoms with Crippen LogP contribution in [-0.4, -0.2) is 46.1 Å². The predicted octanol–water partition coefficient (Wildman–Crippen LogP) is 1.03. The first kappa shape index (κ1) is 13.3. The lowest BCUT2D eigenvalue weighted by Crippen LogP contribution is -2.12. The first-order chi connectivity index (χ1) is 9.06. The van der Waals surface area contributed by atoms with E-state index in [0.29, 0.717) is 24.5 Å². The van der Waals surface area contributed by atoms with Gasteiger partial charge in [0.25, 0.3) is 0 Å². The van der Waals surface area contributed by atoms with Crippen LogP contribution >= 0.6 is 0 Å². The summed E-state index contributed by atoms with van der Waals surface area (Å²) < 4.78 is 6.60. The van der Waals surface area contributed by atoms with E-state index in [0.717, 1.165) is 11.1 Å². The number of methoxy groups -OCH3 is 1. The number of fused-ring (bicyclic) bond motifs is 1. The summed E-state index contributed by atoms with van der Waals surface area (Å²) in [5.74, 6) is -1.02. The molecule has 2 aromatic rings. The molecule has 0 aliphatic rings. The molecule has 0 bridgehead atoms. The zero-order chi connectivity index (χ0) is 14.0. The van der Waals surface area contributed by atoms with Crippen molar-refractivity contribution in [2.45, 2.75) is 6.92 Å². The van der Waals surface area contributed by atoms with Crippen molar-refractivity contribution in [1.29, 1.82) is 0 Å². The maximum Gasteiger partial charge on any atom is 0.339 e. The molecule has 0 aromatic carbocycles. The number of carboxylic acids is 1. The van der Waals surface area contributed by atoms with Gasteiger partial charge in [-0.25, -0.2) is 9.78 Å². The molecule has 2 rings (SSSR count). The molecule has 2 aromatic heterocycles. The summed E-state index contributed by atoms with van der Waals surface area (Å²) in [6.07, 6.45) is 1.35. The van der Waals surface area contributed by atoms with Crippen LogP contribution in [0.25, 0.3) is 11.0 Å². The van der Waals surface area contributed by atoms with Crippen LogP contribution in [0.15, 0.2) is 6.20 Å². The van der Waals surface area contributed by atoms with Gasteiger partial charge in [-0.05, 0) is 6.92 Å². The first-order valence-electron chi connectivity index (χ1n) is 5.84. The van der Waals surface area contributed by atoms with Crippen molar-refractivity contribution >= 4 is 22.7 Å². The van der Waals surface area contributed by atoms with Crippen molar-refractivity contribution in [2.75, 3.05) is 25.6 Å². The standard InChI is InChI=1S/C12H16N4O3/c1-7-9-10(13-4-5-19-3)8(12(17)18)6-14-11(9)16(2)15-7/h6H,4-5H2,1-3H3,(H,13,14)(H,17,18). The van der Waals surface area contributed by atoms with Gasteiger partial charge in [0.2, 0.25) is 0 Å². The second kappa shape index (κ2) is 5.23. The summed E-state index contributed by atoms with van der Waals surface area (Å²) in [7, 11) is 3.37. The molecule has 2 N–H and O–H groups in total. The van der Waals surface area contributed by atoms with Crippen molar-refractivity contribution in [3.05, 3.63) is 17.5 Å². The number of anilines is 1. The van der Waals surface area contributed by atoms with Crippen molar-refractivity contribution in [1.82, 2.24) is 14.8 Å². The average molecular weight is 264 g/mol. The van der Waals surface area contributed by atoms with Gasteiger partial charge in [-0.3, -0.25) is 4.68 Å². The lowest BCUT2D eigenvalue weighted by molar-refractivity contribution is 0.0697. The molecule has 0 unspecified atom stereocenters. The topological polar surface area (TPSA) is 89.3 Å². The monoisotopic (exact) mass is 264 g/mol. The number of hydrogen-bond donors (Lipinski definition) is 2. The van der Waals surface area contributed by atoms with Crippen molar-refractivity contribution in [3.8, 4) is 0 Å². The molecule has 7 heteroatoms. The zero-order valence-electron chi connectivity index (χ0n) is 11.1. The predicted molar refractivity (Wildman–Crippen MR) is 70.6 cm³/mol. The molecule has 7 nitrogen and oxygen atoms in total. The van der Waals surface area contributed by atoms with Gasteiger partial charge in [-0.1, -0.05) is 0 Å². The summed E-state index contributed by atoms with van der Waals surface area (Å²) in [6, 6.07) is 0. The summed E-state index contributed by atoms with van der Waals surface area (Å²) >= 11 is 0. The highest BCUT2D eigenvalue weighted by molar-refractivity contribution is 6.04. The Morgan fingerprint density at radius 1 is 1.58 bits per heavy atom. The maximum absolute atomic E-state index is 11.3. The van der Waals surface area contributed by atoms with E-state index in [4.69, 9.17) is 4.74 Å². The third-order valence-corrected chi connectivity index (χ3v) is 2.87. The van der Waals surface area contributed by atoms with Crippen molar-refractivity contribution in [3.63, 3.8) is 0 Å². The SMILES string of the molecule is COCCNc1c(C(=O)O)cnc2c1c(C)nn2C. The van der Waals surface area contributed by atoms with E-state index >= 15 is 0 Å². The Morgan fingerprint density at radius 3 is 2.95 bits per heavy atom. The van der Waals surface area contributed by atoms with Crippen LogP contribution in [-0.2, 0) is 11.8 Å². The number of hydrogen-bond acceptors (Lipinski definition) is 5. The van der Waals surface area contributed by atoms with Crippen LogP contribution in [0.5, 0.6) is 0 Å². The maximum atomic E-state index is 11.3. The molecule has 0 saturated heterocycles. The van der Waals surface area contributed by atoms with Gasteiger partial charge in [0.05, 0.1) is 23.4 Å². The van der Waals surface area contributed by atoms with E-state index < -0.39 is 5.97 Å². The number of nitrogens with one attached hydrogen (secondary N) is 1. The summed E-state index contributed by atoms with van der Waals surface area (Å²) in [6.45, 7) is 2.84. The number of rotatable bonds is 5. The number of pyridine rings is 1. The fourth-order valence-corrected chi connectivity index (χ4v) is 2.04. The lowest BCUT2D eigenvalue weighted by atomic mass is 10.1. The minimum absolute atomic E-state index is 0.139. The molecular formula is C12H16N4O3. The van der Waals surface area contributed by atoms with Crippen LogP contribution in [0.1, 0.15) is 16.1 Å². The number of carboxylic acid groups (broad SMARTS) is 1. The molecule has 0 spiro atoms. The zero-order valence-corrected chi connectivity index (χ0v) is 11.1.